The van der Waals surface area contributed by atoms with Crippen molar-refractivity contribution < 1.29 is 17.2 Å². The number of anilines is 1. The third kappa shape index (κ3) is 3.14. The lowest BCUT2D eigenvalue weighted by Crippen LogP contribution is -2.15. The van der Waals surface area contributed by atoms with E-state index in [1.807, 2.05) is 0 Å². The Morgan fingerprint density at radius 2 is 1.84 bits per heavy atom. The first-order chi connectivity index (χ1) is 11.7. The standard InChI is InChI=1S/C16H17FN4O3S/c1-8-5-6-13(12(17)7-8)21-25(22,23)15-10(3)18-9(2)14(15)16-20-19-11(4)24-16/h5-7,18,21H,1-4H3. The number of H-pyrrole nitrogens is 1. The molecule has 132 valence electrons. The van der Waals surface area contributed by atoms with Gasteiger partial charge in [-0.2, -0.15) is 0 Å². The maximum absolute atomic E-state index is 14.1. The Kier molecular flexibility index (Phi) is 4.11. The van der Waals surface area contributed by atoms with Crippen LogP contribution in [0.1, 0.15) is 22.8 Å². The summed E-state index contributed by atoms with van der Waals surface area (Å²) in [7, 11) is -4.08. The largest absolute Gasteiger partial charge is 0.421 e. The van der Waals surface area contributed by atoms with E-state index in [2.05, 4.69) is 19.9 Å². The summed E-state index contributed by atoms with van der Waals surface area (Å²) in [6.45, 7) is 6.64. The second-order valence-electron chi connectivity index (χ2n) is 5.79. The molecule has 0 saturated heterocycles. The van der Waals surface area contributed by atoms with Gasteiger partial charge in [-0.3, -0.25) is 4.72 Å². The van der Waals surface area contributed by atoms with Gasteiger partial charge >= 0.3 is 0 Å². The molecule has 0 radical (unpaired) electrons. The van der Waals surface area contributed by atoms with E-state index >= 15 is 0 Å². The van der Waals surface area contributed by atoms with E-state index in [9.17, 15) is 12.8 Å². The maximum atomic E-state index is 14.1. The van der Waals surface area contributed by atoms with Crippen LogP contribution in [0.2, 0.25) is 0 Å². The van der Waals surface area contributed by atoms with E-state index < -0.39 is 15.8 Å². The lowest BCUT2D eigenvalue weighted by atomic mass is 10.2. The van der Waals surface area contributed by atoms with Gasteiger partial charge in [0.15, 0.2) is 0 Å². The highest BCUT2D eigenvalue weighted by atomic mass is 32.2. The number of hydrogen-bond donors (Lipinski definition) is 2. The average Bonchev–Trinajstić information content (AvgIpc) is 3.05. The summed E-state index contributed by atoms with van der Waals surface area (Å²) in [6.07, 6.45) is 0. The summed E-state index contributed by atoms with van der Waals surface area (Å²) in [5, 5.41) is 7.64. The molecule has 9 heteroatoms. The normalized spacial score (nSPS) is 11.7. The van der Waals surface area contributed by atoms with Gasteiger partial charge < -0.3 is 9.40 Å². The molecule has 25 heavy (non-hydrogen) atoms. The Morgan fingerprint density at radius 3 is 2.44 bits per heavy atom. The van der Waals surface area contributed by atoms with Gasteiger partial charge in [0, 0.05) is 18.3 Å². The molecule has 2 N–H and O–H groups in total. The highest BCUT2D eigenvalue weighted by molar-refractivity contribution is 7.93. The fourth-order valence-electron chi connectivity index (χ4n) is 2.65. The lowest BCUT2D eigenvalue weighted by Gasteiger charge is -2.10. The average molecular weight is 364 g/mol. The minimum Gasteiger partial charge on any atom is -0.421 e. The predicted molar refractivity (Wildman–Crippen MR) is 90.2 cm³/mol. The Bertz CT molecular complexity index is 1050. The Balaban J connectivity index is 2.12. The van der Waals surface area contributed by atoms with E-state index in [0.717, 1.165) is 0 Å². The van der Waals surface area contributed by atoms with Crippen molar-refractivity contribution in [3.05, 3.63) is 46.9 Å². The number of aromatic nitrogens is 3. The van der Waals surface area contributed by atoms with Gasteiger partial charge in [-0.25, -0.2) is 12.8 Å². The van der Waals surface area contributed by atoms with E-state index in [1.165, 1.54) is 12.1 Å². The van der Waals surface area contributed by atoms with E-state index in [0.29, 0.717) is 22.8 Å². The van der Waals surface area contributed by atoms with Crippen LogP contribution in [0.5, 0.6) is 0 Å². The van der Waals surface area contributed by atoms with E-state index in [1.54, 1.807) is 33.8 Å². The second kappa shape index (κ2) is 5.99. The Morgan fingerprint density at radius 1 is 1.12 bits per heavy atom. The number of sulfonamides is 1. The number of halogens is 1. The summed E-state index contributed by atoms with van der Waals surface area (Å²) >= 11 is 0. The van der Waals surface area contributed by atoms with Crippen LogP contribution in [0.3, 0.4) is 0 Å². The molecular weight excluding hydrogens is 347 g/mol. The highest BCUT2D eigenvalue weighted by Gasteiger charge is 2.29. The van der Waals surface area contributed by atoms with Gasteiger partial charge in [0.05, 0.1) is 11.3 Å². The minimum absolute atomic E-state index is 0.0476. The predicted octanol–water partition coefficient (Wildman–Crippen LogP) is 3.24. The van der Waals surface area contributed by atoms with E-state index in [-0.39, 0.29) is 22.0 Å². The zero-order valence-electron chi connectivity index (χ0n) is 14.1. The fourth-order valence-corrected chi connectivity index (χ4v) is 4.17. The quantitative estimate of drug-likeness (QED) is 0.740. The number of nitrogens with zero attached hydrogens (tertiary/aromatic N) is 2. The zero-order chi connectivity index (χ0) is 18.4. The van der Waals surface area contributed by atoms with Gasteiger partial charge in [-0.15, -0.1) is 10.2 Å². The van der Waals surface area contributed by atoms with Crippen LogP contribution in [-0.4, -0.2) is 23.6 Å². The number of aryl methyl sites for hydroxylation is 4. The molecule has 2 heterocycles. The van der Waals surface area contributed by atoms with Crippen molar-refractivity contribution in [1.82, 2.24) is 15.2 Å². The molecule has 7 nitrogen and oxygen atoms in total. The third-order valence-electron chi connectivity index (χ3n) is 3.70. The number of rotatable bonds is 4. The summed E-state index contributed by atoms with van der Waals surface area (Å²) in [5.74, 6) is -0.248. The summed E-state index contributed by atoms with van der Waals surface area (Å²) in [6, 6.07) is 4.27. The molecule has 0 fully saturated rings. The first-order valence-electron chi connectivity index (χ1n) is 7.47. The topological polar surface area (TPSA) is 101 Å². The van der Waals surface area contributed by atoms with Crippen LogP contribution >= 0.6 is 0 Å². The number of benzene rings is 1. The van der Waals surface area contributed by atoms with Crippen LogP contribution in [0, 0.1) is 33.5 Å². The van der Waals surface area contributed by atoms with Crippen molar-refractivity contribution in [3.8, 4) is 11.5 Å². The van der Waals surface area contributed by atoms with Crippen molar-refractivity contribution >= 4 is 15.7 Å². The Labute approximate surface area is 144 Å². The van der Waals surface area contributed by atoms with Crippen LogP contribution in [0.15, 0.2) is 27.5 Å². The molecule has 3 aromatic rings. The summed E-state index contributed by atoms with van der Waals surface area (Å²) in [5.41, 5.74) is 1.79. The fraction of sp³-hybridized carbons (Fsp3) is 0.250. The molecule has 1 aromatic carbocycles. The van der Waals surface area contributed by atoms with Gasteiger partial charge in [0.1, 0.15) is 10.7 Å². The molecule has 0 spiro atoms. The van der Waals surface area contributed by atoms with Gasteiger partial charge in [-0.1, -0.05) is 6.07 Å². The molecule has 0 aliphatic carbocycles. The van der Waals surface area contributed by atoms with Crippen LogP contribution in [-0.2, 0) is 10.0 Å². The Hall–Kier alpha value is -2.68. The van der Waals surface area contributed by atoms with Gasteiger partial charge in [0.2, 0.25) is 5.89 Å². The number of hydrogen-bond acceptors (Lipinski definition) is 5. The van der Waals surface area contributed by atoms with Crippen molar-refractivity contribution in [3.63, 3.8) is 0 Å². The summed E-state index contributed by atoms with van der Waals surface area (Å²) in [4.78, 5) is 2.91. The van der Waals surface area contributed by atoms with Crippen LogP contribution in [0.4, 0.5) is 10.1 Å². The minimum atomic E-state index is -4.08. The molecule has 0 saturated carbocycles. The molecule has 2 aromatic heterocycles. The SMILES string of the molecule is Cc1ccc(NS(=O)(=O)c2c(C)[nH]c(C)c2-c2nnc(C)o2)c(F)c1. The lowest BCUT2D eigenvalue weighted by molar-refractivity contribution is 0.531. The third-order valence-corrected chi connectivity index (χ3v) is 5.23. The second-order valence-corrected chi connectivity index (χ2v) is 7.41. The smallest absolute Gasteiger partial charge is 0.264 e. The van der Waals surface area contributed by atoms with Crippen molar-refractivity contribution in [2.75, 3.05) is 4.72 Å². The molecule has 3 rings (SSSR count). The first-order valence-corrected chi connectivity index (χ1v) is 8.96. The molecule has 0 atom stereocenters. The highest BCUT2D eigenvalue weighted by Crippen LogP contribution is 2.34. The van der Waals surface area contributed by atoms with E-state index in [4.69, 9.17) is 4.42 Å². The zero-order valence-corrected chi connectivity index (χ0v) is 15.0. The van der Waals surface area contributed by atoms with Crippen molar-refractivity contribution in [2.24, 2.45) is 0 Å². The first kappa shape index (κ1) is 17.2. The van der Waals surface area contributed by atoms with Crippen LogP contribution < -0.4 is 4.72 Å². The molecular formula is C16H17FN4O3S. The number of aromatic amines is 1. The number of nitrogens with one attached hydrogen (secondary N) is 2. The maximum Gasteiger partial charge on any atom is 0.264 e. The van der Waals surface area contributed by atoms with Crippen molar-refractivity contribution in [2.45, 2.75) is 32.6 Å². The molecule has 0 bridgehead atoms. The summed E-state index contributed by atoms with van der Waals surface area (Å²) < 4.78 is 47.5. The molecule has 0 aliphatic rings. The molecule has 0 unspecified atom stereocenters. The van der Waals surface area contributed by atoms with Gasteiger partial charge in [-0.05, 0) is 38.5 Å². The van der Waals surface area contributed by atoms with Crippen LogP contribution in [0.25, 0.3) is 11.5 Å². The molecule has 0 aliphatic heterocycles. The van der Waals surface area contributed by atoms with Gasteiger partial charge in [0.25, 0.3) is 15.9 Å². The molecule has 0 amide bonds. The van der Waals surface area contributed by atoms with Crippen molar-refractivity contribution in [1.29, 1.82) is 0 Å². The monoisotopic (exact) mass is 364 g/mol.